The van der Waals surface area contributed by atoms with Gasteiger partial charge in [0.25, 0.3) is 0 Å². The van der Waals surface area contributed by atoms with E-state index in [1.54, 1.807) is 13.8 Å². The molecule has 0 aliphatic rings. The van der Waals surface area contributed by atoms with E-state index in [1.165, 1.54) is 6.92 Å². The van der Waals surface area contributed by atoms with Crippen molar-refractivity contribution in [2.45, 2.75) is 83.1 Å². The molecule has 5 atom stereocenters. The van der Waals surface area contributed by atoms with Gasteiger partial charge in [-0.2, -0.15) is 0 Å². The van der Waals surface area contributed by atoms with E-state index in [0.29, 0.717) is 25.8 Å². The van der Waals surface area contributed by atoms with Crippen molar-refractivity contribution in [3.8, 4) is 0 Å². The summed E-state index contributed by atoms with van der Waals surface area (Å²) in [7, 11) is 0. The highest BCUT2D eigenvalue weighted by molar-refractivity contribution is 5.96. The number of carbonyl (C=O) groups excluding carboxylic acids is 4. The number of aliphatic hydroxyl groups is 1. The van der Waals surface area contributed by atoms with Gasteiger partial charge in [-0.15, -0.1) is 0 Å². The van der Waals surface area contributed by atoms with Crippen LogP contribution in [0, 0.1) is 5.92 Å². The van der Waals surface area contributed by atoms with Gasteiger partial charge in [0.05, 0.1) is 18.6 Å². The molecule has 0 fully saturated rings. The highest BCUT2D eigenvalue weighted by Gasteiger charge is 2.32. The highest BCUT2D eigenvalue weighted by atomic mass is 16.4. The van der Waals surface area contributed by atoms with E-state index < -0.39 is 66.3 Å². The molecular weight excluding hydrogens is 436 g/mol. The first-order valence-corrected chi connectivity index (χ1v) is 10.9. The molecule has 13 nitrogen and oxygen atoms in total. The minimum absolute atomic E-state index is 0.0870. The Kier molecular flexibility index (Phi) is 13.9. The van der Waals surface area contributed by atoms with Gasteiger partial charge in [0.15, 0.2) is 6.04 Å². The van der Waals surface area contributed by atoms with Gasteiger partial charge in [0.2, 0.25) is 23.6 Å². The van der Waals surface area contributed by atoms with Crippen LogP contribution >= 0.6 is 0 Å². The van der Waals surface area contributed by atoms with Gasteiger partial charge in [0.1, 0.15) is 12.1 Å². The SMILES string of the molecule is CC(C)CC(NC(=O)C(CC(N)=O)NC(=O)C(N)CCCCN)C(=O)NC(C(=O)O)C(C)O. The lowest BCUT2D eigenvalue weighted by Crippen LogP contribution is -2.59. The van der Waals surface area contributed by atoms with Gasteiger partial charge in [-0.1, -0.05) is 20.3 Å². The number of carbonyl (C=O) groups is 5. The lowest BCUT2D eigenvalue weighted by Gasteiger charge is -2.26. The van der Waals surface area contributed by atoms with Crippen molar-refractivity contribution in [1.82, 2.24) is 16.0 Å². The Bertz CT molecular complexity index is 686. The van der Waals surface area contributed by atoms with Crippen LogP contribution in [0.5, 0.6) is 0 Å². The van der Waals surface area contributed by atoms with Crippen LogP contribution in [-0.4, -0.2) is 76.6 Å². The van der Waals surface area contributed by atoms with Crippen molar-refractivity contribution in [2.24, 2.45) is 23.1 Å². The Morgan fingerprint density at radius 1 is 0.879 bits per heavy atom. The van der Waals surface area contributed by atoms with Crippen LogP contribution in [0.25, 0.3) is 0 Å². The van der Waals surface area contributed by atoms with Crippen LogP contribution in [-0.2, 0) is 24.0 Å². The number of rotatable bonds is 16. The van der Waals surface area contributed by atoms with Gasteiger partial charge >= 0.3 is 5.97 Å². The van der Waals surface area contributed by atoms with Crippen molar-refractivity contribution in [1.29, 1.82) is 0 Å². The second-order valence-corrected chi connectivity index (χ2v) is 8.38. The average molecular weight is 475 g/mol. The first-order valence-electron chi connectivity index (χ1n) is 10.9. The quantitative estimate of drug-likeness (QED) is 0.108. The molecular formula is C20H38N6O7. The van der Waals surface area contributed by atoms with Crippen molar-refractivity contribution >= 4 is 29.6 Å². The molecule has 0 bridgehead atoms. The number of aliphatic carboxylic acids is 1. The predicted octanol–water partition coefficient (Wildman–Crippen LogP) is -2.72. The Hall–Kier alpha value is -2.77. The predicted molar refractivity (Wildman–Crippen MR) is 119 cm³/mol. The number of nitrogens with two attached hydrogens (primary N) is 3. The summed E-state index contributed by atoms with van der Waals surface area (Å²) in [5.41, 5.74) is 16.4. The maximum Gasteiger partial charge on any atom is 0.328 e. The summed E-state index contributed by atoms with van der Waals surface area (Å²) in [6.07, 6.45) is -0.203. The molecule has 0 aromatic heterocycles. The van der Waals surface area contributed by atoms with E-state index in [1.807, 2.05) is 0 Å². The lowest BCUT2D eigenvalue weighted by atomic mass is 10.0. The smallest absolute Gasteiger partial charge is 0.328 e. The molecule has 0 radical (unpaired) electrons. The number of hydrogen-bond donors (Lipinski definition) is 8. The minimum atomic E-state index is -1.59. The topological polar surface area (TPSA) is 240 Å². The Morgan fingerprint density at radius 3 is 1.88 bits per heavy atom. The first-order chi connectivity index (χ1) is 15.3. The molecule has 5 unspecified atom stereocenters. The zero-order chi connectivity index (χ0) is 25.7. The van der Waals surface area contributed by atoms with Crippen molar-refractivity contribution in [3.63, 3.8) is 0 Å². The van der Waals surface area contributed by atoms with Gasteiger partial charge in [0, 0.05) is 0 Å². The summed E-state index contributed by atoms with van der Waals surface area (Å²) in [4.78, 5) is 60.5. The summed E-state index contributed by atoms with van der Waals surface area (Å²) in [6, 6.07) is -5.10. The number of carboxylic acid groups (broad SMARTS) is 1. The normalized spacial score (nSPS) is 15.6. The molecule has 0 spiro atoms. The standard InChI is InChI=1S/C20H38N6O7/c1-10(2)8-13(19(31)26-16(11(3)27)20(32)33)25-18(30)14(9-15(23)28)24-17(29)12(22)6-4-5-7-21/h10-14,16,27H,4-9,21-22H2,1-3H3,(H2,23,28)(H,24,29)(H,25,30)(H,26,31)(H,32,33). The molecule has 0 saturated heterocycles. The van der Waals surface area contributed by atoms with E-state index in [-0.39, 0.29) is 12.3 Å². The van der Waals surface area contributed by atoms with Crippen LogP contribution in [0.3, 0.4) is 0 Å². The van der Waals surface area contributed by atoms with Gasteiger partial charge in [-0.05, 0) is 38.6 Å². The molecule has 33 heavy (non-hydrogen) atoms. The molecule has 0 saturated carbocycles. The largest absolute Gasteiger partial charge is 0.480 e. The van der Waals surface area contributed by atoms with Crippen LogP contribution in [0.4, 0.5) is 0 Å². The Balaban J connectivity index is 5.43. The number of unbranched alkanes of at least 4 members (excludes halogenated alkanes) is 1. The Morgan fingerprint density at radius 2 is 1.42 bits per heavy atom. The van der Waals surface area contributed by atoms with Crippen LogP contribution in [0.1, 0.15) is 52.9 Å². The second kappa shape index (κ2) is 15.1. The highest BCUT2D eigenvalue weighted by Crippen LogP contribution is 2.08. The first kappa shape index (κ1) is 30.2. The van der Waals surface area contributed by atoms with E-state index in [4.69, 9.17) is 17.2 Å². The number of hydrogen-bond acceptors (Lipinski definition) is 8. The summed E-state index contributed by atoms with van der Waals surface area (Å²) >= 11 is 0. The number of aliphatic hydroxyl groups excluding tert-OH is 1. The van der Waals surface area contributed by atoms with Crippen LogP contribution < -0.4 is 33.2 Å². The number of carboxylic acids is 1. The molecule has 0 aromatic rings. The summed E-state index contributed by atoms with van der Waals surface area (Å²) in [6.45, 7) is 5.19. The van der Waals surface area contributed by atoms with Gasteiger partial charge in [-0.3, -0.25) is 19.2 Å². The van der Waals surface area contributed by atoms with Gasteiger partial charge < -0.3 is 43.4 Å². The fraction of sp³-hybridized carbons (Fsp3) is 0.750. The van der Waals surface area contributed by atoms with Crippen molar-refractivity contribution < 1.29 is 34.2 Å². The fourth-order valence-electron chi connectivity index (χ4n) is 2.95. The zero-order valence-corrected chi connectivity index (χ0v) is 19.4. The maximum atomic E-state index is 12.8. The molecule has 0 rings (SSSR count). The third-order valence-corrected chi connectivity index (χ3v) is 4.73. The Labute approximate surface area is 193 Å². The molecule has 13 heteroatoms. The number of amides is 4. The minimum Gasteiger partial charge on any atom is -0.480 e. The number of primary amides is 1. The van der Waals surface area contributed by atoms with E-state index in [2.05, 4.69) is 16.0 Å². The van der Waals surface area contributed by atoms with Gasteiger partial charge in [-0.25, -0.2) is 4.79 Å². The fourth-order valence-corrected chi connectivity index (χ4v) is 2.95. The lowest BCUT2D eigenvalue weighted by molar-refractivity contribution is -0.145. The molecule has 0 aliphatic carbocycles. The molecule has 0 heterocycles. The maximum absolute atomic E-state index is 12.8. The van der Waals surface area contributed by atoms with Crippen LogP contribution in [0.15, 0.2) is 0 Å². The summed E-state index contributed by atoms with van der Waals surface area (Å²) in [5.74, 6) is -4.77. The summed E-state index contributed by atoms with van der Waals surface area (Å²) < 4.78 is 0. The van der Waals surface area contributed by atoms with E-state index >= 15 is 0 Å². The van der Waals surface area contributed by atoms with Crippen molar-refractivity contribution in [3.05, 3.63) is 0 Å². The monoisotopic (exact) mass is 474 g/mol. The third kappa shape index (κ3) is 12.2. The van der Waals surface area contributed by atoms with Crippen LogP contribution in [0.2, 0.25) is 0 Å². The molecule has 11 N–H and O–H groups in total. The van der Waals surface area contributed by atoms with E-state index in [0.717, 1.165) is 0 Å². The molecule has 0 aromatic carbocycles. The average Bonchev–Trinajstić information content (AvgIpc) is 2.69. The molecule has 0 aliphatic heterocycles. The number of nitrogens with one attached hydrogen (secondary N) is 3. The van der Waals surface area contributed by atoms with Crippen molar-refractivity contribution in [2.75, 3.05) is 6.54 Å². The zero-order valence-electron chi connectivity index (χ0n) is 19.4. The molecule has 190 valence electrons. The van der Waals surface area contributed by atoms with E-state index in [9.17, 15) is 34.2 Å². The third-order valence-electron chi connectivity index (χ3n) is 4.73. The summed E-state index contributed by atoms with van der Waals surface area (Å²) in [5, 5.41) is 25.8. The second-order valence-electron chi connectivity index (χ2n) is 8.38. The molecule has 4 amide bonds.